The molecule has 0 spiro atoms. The zero-order chi connectivity index (χ0) is 23.6. The number of fused-ring (bicyclic) bond motifs is 2. The number of nitrogens with one attached hydrogen (secondary N) is 1. The molecule has 13 heteroatoms. The van der Waals surface area contributed by atoms with Crippen molar-refractivity contribution in [1.29, 1.82) is 0 Å². The second-order valence-electron chi connectivity index (χ2n) is 7.54. The summed E-state index contributed by atoms with van der Waals surface area (Å²) >= 11 is 1.29. The van der Waals surface area contributed by atoms with Crippen LogP contribution in [-0.2, 0) is 32.5 Å². The molecule has 0 atom stereocenters. The van der Waals surface area contributed by atoms with Crippen LogP contribution in [0.2, 0.25) is 0 Å². The van der Waals surface area contributed by atoms with Crippen LogP contribution >= 0.6 is 11.3 Å². The highest BCUT2D eigenvalue weighted by Gasteiger charge is 2.31. The molecule has 3 aromatic heterocycles. The Balaban J connectivity index is 1.54. The highest BCUT2D eigenvalue weighted by Crippen LogP contribution is 2.31. The molecule has 0 amide bonds. The molecule has 4 heterocycles. The van der Waals surface area contributed by atoms with Crippen LogP contribution in [0.3, 0.4) is 0 Å². The third-order valence-corrected chi connectivity index (χ3v) is 8.12. The Morgan fingerprint density at radius 1 is 1.27 bits per heavy atom. The van der Waals surface area contributed by atoms with Crippen LogP contribution in [0.5, 0.6) is 5.88 Å². The fourth-order valence-corrected chi connectivity index (χ4v) is 5.39. The van der Waals surface area contributed by atoms with Gasteiger partial charge in [-0.2, -0.15) is 4.31 Å². The molecule has 0 saturated heterocycles. The van der Waals surface area contributed by atoms with Crippen molar-refractivity contribution in [2.24, 2.45) is 0 Å². The Morgan fingerprint density at radius 3 is 2.85 bits per heavy atom. The van der Waals surface area contributed by atoms with Gasteiger partial charge in [0.25, 0.3) is 0 Å². The number of hydrogen-bond acceptors (Lipinski definition) is 11. The van der Waals surface area contributed by atoms with Gasteiger partial charge < -0.3 is 14.8 Å². The Morgan fingerprint density at radius 2 is 2.09 bits per heavy atom. The topological polar surface area (TPSA) is 136 Å². The van der Waals surface area contributed by atoms with Crippen LogP contribution < -0.4 is 10.1 Å². The molecule has 33 heavy (non-hydrogen) atoms. The molecule has 1 aliphatic heterocycles. The van der Waals surface area contributed by atoms with Crippen molar-refractivity contribution >= 4 is 48.6 Å². The molecule has 1 N–H and O–H groups in total. The Hall–Kier alpha value is -2.90. The third kappa shape index (κ3) is 5.04. The molecule has 0 saturated carbocycles. The Bertz CT molecular complexity index is 1280. The minimum absolute atomic E-state index is 0.202. The molecule has 176 valence electrons. The number of anilines is 2. The summed E-state index contributed by atoms with van der Waals surface area (Å²) in [6.45, 7) is 5.72. The Labute approximate surface area is 195 Å². The summed E-state index contributed by atoms with van der Waals surface area (Å²) in [6, 6.07) is 3.38. The number of carbonyl (C=O) groups excluding carboxylic acids is 1. The molecule has 0 fully saturated rings. The minimum atomic E-state index is -3.39. The summed E-state index contributed by atoms with van der Waals surface area (Å²) < 4.78 is 37.0. The van der Waals surface area contributed by atoms with Crippen molar-refractivity contribution in [3.63, 3.8) is 0 Å². The molecule has 0 unspecified atom stereocenters. The van der Waals surface area contributed by atoms with E-state index in [2.05, 4.69) is 25.3 Å². The summed E-state index contributed by atoms with van der Waals surface area (Å²) in [6.07, 6.45) is 1.97. The molecule has 0 radical (unpaired) electrons. The van der Waals surface area contributed by atoms with E-state index >= 15 is 0 Å². The lowest BCUT2D eigenvalue weighted by Crippen LogP contribution is -2.40. The second kappa shape index (κ2) is 9.53. The molecular formula is C20H24N6O5S2. The first-order chi connectivity index (χ1) is 15.8. The van der Waals surface area contributed by atoms with Crippen molar-refractivity contribution < 1.29 is 22.7 Å². The van der Waals surface area contributed by atoms with E-state index in [1.807, 2.05) is 0 Å². The van der Waals surface area contributed by atoms with Gasteiger partial charge in [0.15, 0.2) is 11.7 Å². The van der Waals surface area contributed by atoms with Gasteiger partial charge in [-0.15, -0.1) is 0 Å². The summed E-state index contributed by atoms with van der Waals surface area (Å²) in [5.74, 6) is 0.342. The van der Waals surface area contributed by atoms with E-state index in [0.29, 0.717) is 40.1 Å². The van der Waals surface area contributed by atoms with Gasteiger partial charge in [-0.3, -0.25) is 0 Å². The van der Waals surface area contributed by atoms with Gasteiger partial charge in [-0.25, -0.2) is 33.1 Å². The van der Waals surface area contributed by atoms with E-state index in [-0.39, 0.29) is 19.8 Å². The molecule has 1 aliphatic rings. The number of thiazole rings is 1. The second-order valence-corrected chi connectivity index (χ2v) is 11.0. The molecule has 0 aromatic carbocycles. The van der Waals surface area contributed by atoms with Gasteiger partial charge in [0.2, 0.25) is 15.9 Å². The lowest BCUT2D eigenvalue weighted by atomic mass is 10.1. The van der Waals surface area contributed by atoms with E-state index in [9.17, 15) is 13.2 Å². The van der Waals surface area contributed by atoms with Gasteiger partial charge in [0.1, 0.15) is 22.5 Å². The fraction of sp³-hybridized carbons (Fsp3) is 0.450. The summed E-state index contributed by atoms with van der Waals surface area (Å²) in [5.41, 5.74) is 2.20. The monoisotopic (exact) mass is 492 g/mol. The number of ether oxygens (including phenoxy) is 2. The maximum absolute atomic E-state index is 12.7. The number of sulfonamides is 1. The van der Waals surface area contributed by atoms with E-state index in [4.69, 9.17) is 9.47 Å². The van der Waals surface area contributed by atoms with E-state index in [1.165, 1.54) is 22.0 Å². The highest BCUT2D eigenvalue weighted by molar-refractivity contribution is 7.89. The van der Waals surface area contributed by atoms with E-state index < -0.39 is 21.2 Å². The van der Waals surface area contributed by atoms with Crippen molar-refractivity contribution in [2.75, 3.05) is 25.1 Å². The third-order valence-electron chi connectivity index (χ3n) is 5.02. The average Bonchev–Trinajstić information content (AvgIpc) is 3.19. The molecule has 0 aliphatic carbocycles. The largest absolute Gasteiger partial charge is 0.466 e. The molecular weight excluding hydrogens is 468 g/mol. The zero-order valence-electron chi connectivity index (χ0n) is 18.4. The summed E-state index contributed by atoms with van der Waals surface area (Å²) in [4.78, 5) is 29.7. The number of esters is 1. The molecule has 11 nitrogen and oxygen atoms in total. The Kier molecular flexibility index (Phi) is 6.72. The molecule has 3 aromatic rings. The van der Waals surface area contributed by atoms with Gasteiger partial charge in [-0.05, 0) is 26.8 Å². The number of hydrogen-bond donors (Lipinski definition) is 1. The van der Waals surface area contributed by atoms with Crippen LogP contribution in [0.15, 0.2) is 18.5 Å². The van der Waals surface area contributed by atoms with Gasteiger partial charge >= 0.3 is 5.97 Å². The highest BCUT2D eigenvalue weighted by atomic mass is 32.2. The van der Waals surface area contributed by atoms with Crippen LogP contribution in [-0.4, -0.2) is 63.6 Å². The fourth-order valence-electron chi connectivity index (χ4n) is 3.31. The van der Waals surface area contributed by atoms with Gasteiger partial charge in [0.05, 0.1) is 17.6 Å². The predicted molar refractivity (Wildman–Crippen MR) is 123 cm³/mol. The summed E-state index contributed by atoms with van der Waals surface area (Å²) in [7, 11) is -3.39. The van der Waals surface area contributed by atoms with Crippen LogP contribution in [0.1, 0.15) is 32.0 Å². The van der Waals surface area contributed by atoms with Crippen molar-refractivity contribution in [3.8, 4) is 5.88 Å². The standard InChI is InChI=1S/C20H24N6O5S2/c1-4-30-17(27)10-31-16-6-5-15-19(24-16)32-20(23-15)25-18-13-9-26(33(28,29)12(2)3)8-7-14(13)21-11-22-18/h5-6,11-12H,4,7-10H2,1-3H3,(H,21,22,23,25). The zero-order valence-corrected chi connectivity index (χ0v) is 20.1. The number of carbonyl (C=O) groups is 1. The van der Waals surface area contributed by atoms with Crippen molar-refractivity contribution in [1.82, 2.24) is 24.2 Å². The molecule has 0 bridgehead atoms. The molecule has 4 rings (SSSR count). The maximum Gasteiger partial charge on any atom is 0.344 e. The summed E-state index contributed by atoms with van der Waals surface area (Å²) in [5, 5.41) is 3.23. The maximum atomic E-state index is 12.7. The number of aromatic nitrogens is 4. The quantitative estimate of drug-likeness (QED) is 0.466. The van der Waals surface area contributed by atoms with Gasteiger partial charge in [0, 0.05) is 31.1 Å². The van der Waals surface area contributed by atoms with Crippen LogP contribution in [0.25, 0.3) is 10.3 Å². The van der Waals surface area contributed by atoms with E-state index in [1.54, 1.807) is 32.9 Å². The van der Waals surface area contributed by atoms with E-state index in [0.717, 1.165) is 11.3 Å². The van der Waals surface area contributed by atoms with Crippen LogP contribution in [0.4, 0.5) is 10.9 Å². The lowest BCUT2D eigenvalue weighted by Gasteiger charge is -2.29. The number of rotatable bonds is 8. The van der Waals surface area contributed by atoms with Crippen LogP contribution in [0, 0.1) is 0 Å². The average molecular weight is 493 g/mol. The lowest BCUT2D eigenvalue weighted by molar-refractivity contribution is -0.145. The van der Waals surface area contributed by atoms with Crippen molar-refractivity contribution in [2.45, 2.75) is 39.0 Å². The first-order valence-electron chi connectivity index (χ1n) is 10.4. The number of pyridine rings is 1. The van der Waals surface area contributed by atoms with Crippen molar-refractivity contribution in [3.05, 3.63) is 29.7 Å². The number of nitrogens with zero attached hydrogens (tertiary/aromatic N) is 5. The minimum Gasteiger partial charge on any atom is -0.466 e. The first kappa shape index (κ1) is 23.3. The SMILES string of the molecule is CCOC(=O)COc1ccc2nc(Nc3ncnc4c3CN(S(=O)(=O)C(C)C)CC4)sc2n1. The van der Waals surface area contributed by atoms with Gasteiger partial charge in [-0.1, -0.05) is 11.3 Å². The first-order valence-corrected chi connectivity index (χ1v) is 12.7. The smallest absolute Gasteiger partial charge is 0.344 e. The normalized spacial score (nSPS) is 14.3. The predicted octanol–water partition coefficient (Wildman–Crippen LogP) is 2.26.